The van der Waals surface area contributed by atoms with Crippen LogP contribution in [0.15, 0.2) is 26.0 Å². The van der Waals surface area contributed by atoms with Crippen LogP contribution in [0, 0.1) is 26.7 Å². The molecular formula is C22H24N2O5. The van der Waals surface area contributed by atoms with Crippen LogP contribution >= 0.6 is 0 Å². The van der Waals surface area contributed by atoms with Crippen LogP contribution in [-0.2, 0) is 16.0 Å². The zero-order valence-electron chi connectivity index (χ0n) is 16.8. The zero-order valence-corrected chi connectivity index (χ0v) is 16.8. The first-order valence-corrected chi connectivity index (χ1v) is 9.78. The van der Waals surface area contributed by atoms with Gasteiger partial charge in [-0.2, -0.15) is 0 Å². The average Bonchev–Trinajstić information content (AvgIpc) is 3.07. The van der Waals surface area contributed by atoms with Gasteiger partial charge in [-0.25, -0.2) is 4.79 Å². The molecule has 152 valence electrons. The van der Waals surface area contributed by atoms with Crippen molar-refractivity contribution in [2.75, 3.05) is 13.1 Å². The third-order valence-corrected chi connectivity index (χ3v) is 6.05. The number of nitrogens with two attached hydrogens (primary N) is 1. The Bertz CT molecular complexity index is 1200. The Labute approximate surface area is 167 Å². The molecule has 1 saturated heterocycles. The van der Waals surface area contributed by atoms with Gasteiger partial charge in [-0.05, 0) is 56.4 Å². The molecule has 2 N–H and O–H groups in total. The largest absolute Gasteiger partial charge is 0.463 e. The van der Waals surface area contributed by atoms with E-state index < -0.39 is 5.63 Å². The summed E-state index contributed by atoms with van der Waals surface area (Å²) in [5.74, 6) is -0.664. The maximum Gasteiger partial charge on any atom is 0.340 e. The van der Waals surface area contributed by atoms with Crippen LogP contribution in [0.3, 0.4) is 0 Å². The van der Waals surface area contributed by atoms with Gasteiger partial charge in [-0.15, -0.1) is 0 Å². The lowest BCUT2D eigenvalue weighted by atomic mass is 9.95. The number of hydrogen-bond acceptors (Lipinski definition) is 5. The number of amides is 2. The maximum atomic E-state index is 12.8. The van der Waals surface area contributed by atoms with E-state index in [0.29, 0.717) is 48.2 Å². The number of piperidine rings is 1. The van der Waals surface area contributed by atoms with Crippen LogP contribution in [0.1, 0.15) is 35.1 Å². The molecule has 3 aromatic rings. The summed E-state index contributed by atoms with van der Waals surface area (Å²) in [6.45, 7) is 6.68. The summed E-state index contributed by atoms with van der Waals surface area (Å²) in [6, 6.07) is 1.84. The normalized spacial score (nSPS) is 15.3. The highest BCUT2D eigenvalue weighted by Gasteiger charge is 2.27. The van der Waals surface area contributed by atoms with Crippen molar-refractivity contribution in [3.05, 3.63) is 45.0 Å². The Morgan fingerprint density at radius 3 is 2.48 bits per heavy atom. The Balaban J connectivity index is 1.70. The van der Waals surface area contributed by atoms with E-state index in [2.05, 4.69) is 0 Å². The van der Waals surface area contributed by atoms with Crippen LogP contribution in [0.25, 0.3) is 21.9 Å². The number of furan rings is 1. The monoisotopic (exact) mass is 396 g/mol. The van der Waals surface area contributed by atoms with Gasteiger partial charge in [-0.1, -0.05) is 0 Å². The second-order valence-corrected chi connectivity index (χ2v) is 7.92. The molecule has 29 heavy (non-hydrogen) atoms. The smallest absolute Gasteiger partial charge is 0.340 e. The Kier molecular flexibility index (Phi) is 4.68. The molecule has 4 rings (SSSR count). The highest BCUT2D eigenvalue weighted by molar-refractivity contribution is 6.07. The van der Waals surface area contributed by atoms with Crippen molar-refractivity contribution in [1.29, 1.82) is 0 Å². The number of carbonyl (C=O) groups excluding carboxylic acids is 2. The number of hydrogen-bond donors (Lipinski definition) is 1. The SMILES string of the molecule is Cc1coc2c1c(C)cc1oc(=O)c(CC(=O)N3CCC(C(N)=O)CC3)c(C)c12. The fourth-order valence-corrected chi connectivity index (χ4v) is 4.35. The Morgan fingerprint density at radius 1 is 1.14 bits per heavy atom. The van der Waals surface area contributed by atoms with Gasteiger partial charge in [0, 0.05) is 24.4 Å². The van der Waals surface area contributed by atoms with Gasteiger partial charge in [0.15, 0.2) is 0 Å². The molecule has 3 heterocycles. The molecule has 7 nitrogen and oxygen atoms in total. The Morgan fingerprint density at radius 2 is 1.83 bits per heavy atom. The predicted molar refractivity (Wildman–Crippen MR) is 109 cm³/mol. The summed E-state index contributed by atoms with van der Waals surface area (Å²) in [5.41, 5.74) is 9.03. The van der Waals surface area contributed by atoms with Gasteiger partial charge in [0.05, 0.1) is 23.6 Å². The highest BCUT2D eigenvalue weighted by atomic mass is 16.4. The van der Waals surface area contributed by atoms with Crippen LogP contribution in [-0.4, -0.2) is 29.8 Å². The van der Waals surface area contributed by atoms with E-state index in [1.54, 1.807) is 11.2 Å². The van der Waals surface area contributed by atoms with Crippen LogP contribution in [0.5, 0.6) is 0 Å². The van der Waals surface area contributed by atoms with Crippen molar-refractivity contribution in [3.63, 3.8) is 0 Å². The number of primary amides is 1. The number of nitrogens with zero attached hydrogens (tertiary/aromatic N) is 1. The molecule has 0 saturated carbocycles. The molecule has 2 amide bonds. The van der Waals surface area contributed by atoms with Crippen molar-refractivity contribution in [3.8, 4) is 0 Å². The zero-order chi connectivity index (χ0) is 20.9. The van der Waals surface area contributed by atoms with E-state index in [1.807, 2.05) is 26.8 Å². The van der Waals surface area contributed by atoms with E-state index in [0.717, 1.165) is 21.9 Å². The number of fused-ring (bicyclic) bond motifs is 3. The minimum atomic E-state index is -0.502. The molecule has 0 spiro atoms. The van der Waals surface area contributed by atoms with E-state index >= 15 is 0 Å². The number of carbonyl (C=O) groups is 2. The standard InChI is InChI=1S/C22H24N2O5/c1-11-8-16-19(20-18(11)12(2)10-28-20)13(3)15(22(27)29-16)9-17(25)24-6-4-14(5-7-24)21(23)26/h8,10,14H,4-7,9H2,1-3H3,(H2,23,26). The first kappa shape index (κ1) is 19.2. The van der Waals surface area contributed by atoms with Gasteiger partial charge < -0.3 is 19.5 Å². The quantitative estimate of drug-likeness (QED) is 0.685. The van der Waals surface area contributed by atoms with E-state index in [4.69, 9.17) is 14.6 Å². The number of likely N-dealkylation sites (tertiary alicyclic amines) is 1. The maximum absolute atomic E-state index is 12.8. The summed E-state index contributed by atoms with van der Waals surface area (Å²) in [7, 11) is 0. The molecule has 2 aromatic heterocycles. The fourth-order valence-electron chi connectivity index (χ4n) is 4.35. The number of aryl methyl sites for hydroxylation is 3. The summed E-state index contributed by atoms with van der Waals surface area (Å²) in [4.78, 5) is 38.5. The first-order chi connectivity index (χ1) is 13.8. The predicted octanol–water partition coefficient (Wildman–Crippen LogP) is 2.73. The molecule has 7 heteroatoms. The van der Waals surface area contributed by atoms with Crippen LogP contribution < -0.4 is 11.4 Å². The molecule has 0 aliphatic carbocycles. The van der Waals surface area contributed by atoms with E-state index in [9.17, 15) is 14.4 Å². The Hall–Kier alpha value is -3.09. The van der Waals surface area contributed by atoms with Gasteiger partial charge in [-0.3, -0.25) is 9.59 Å². The van der Waals surface area contributed by atoms with Crippen LogP contribution in [0.2, 0.25) is 0 Å². The summed E-state index contributed by atoms with van der Waals surface area (Å²) >= 11 is 0. The van der Waals surface area contributed by atoms with Gasteiger partial charge in [0.2, 0.25) is 11.8 Å². The lowest BCUT2D eigenvalue weighted by Crippen LogP contribution is -2.42. The van der Waals surface area contributed by atoms with E-state index in [1.165, 1.54) is 0 Å². The van der Waals surface area contributed by atoms with Gasteiger partial charge in [0.1, 0.15) is 11.2 Å². The third kappa shape index (κ3) is 3.20. The number of rotatable bonds is 3. The molecule has 1 aliphatic rings. The molecule has 0 atom stereocenters. The minimum Gasteiger partial charge on any atom is -0.463 e. The lowest BCUT2D eigenvalue weighted by Gasteiger charge is -2.30. The third-order valence-electron chi connectivity index (χ3n) is 6.05. The van der Waals surface area contributed by atoms with Crippen molar-refractivity contribution >= 4 is 33.8 Å². The second kappa shape index (κ2) is 7.06. The second-order valence-electron chi connectivity index (χ2n) is 7.92. The first-order valence-electron chi connectivity index (χ1n) is 9.78. The molecule has 0 bridgehead atoms. The van der Waals surface area contributed by atoms with Crippen molar-refractivity contribution < 1.29 is 18.4 Å². The number of benzene rings is 1. The van der Waals surface area contributed by atoms with Crippen molar-refractivity contribution in [1.82, 2.24) is 4.90 Å². The summed E-state index contributed by atoms with van der Waals surface area (Å²) in [5, 5.41) is 1.73. The molecule has 0 radical (unpaired) electrons. The fraction of sp³-hybridized carbons (Fsp3) is 0.409. The highest BCUT2D eigenvalue weighted by Crippen LogP contribution is 2.34. The van der Waals surface area contributed by atoms with Crippen LogP contribution in [0.4, 0.5) is 0 Å². The topological polar surface area (TPSA) is 107 Å². The van der Waals surface area contributed by atoms with Crippen molar-refractivity contribution in [2.45, 2.75) is 40.0 Å². The summed E-state index contributed by atoms with van der Waals surface area (Å²) < 4.78 is 11.3. The van der Waals surface area contributed by atoms with Gasteiger partial charge >= 0.3 is 5.63 Å². The molecule has 1 aromatic carbocycles. The average molecular weight is 396 g/mol. The van der Waals surface area contributed by atoms with Crippen molar-refractivity contribution in [2.24, 2.45) is 11.7 Å². The molecule has 0 unspecified atom stereocenters. The summed E-state index contributed by atoms with van der Waals surface area (Å²) in [6.07, 6.45) is 2.76. The molecular weight excluding hydrogens is 372 g/mol. The molecule has 1 fully saturated rings. The minimum absolute atomic E-state index is 0.0413. The van der Waals surface area contributed by atoms with E-state index in [-0.39, 0.29) is 24.2 Å². The molecule has 1 aliphatic heterocycles. The lowest BCUT2D eigenvalue weighted by molar-refractivity contribution is -0.134. The van der Waals surface area contributed by atoms with Gasteiger partial charge in [0.25, 0.3) is 0 Å².